The van der Waals surface area contributed by atoms with Crippen LogP contribution in [0.15, 0.2) is 59.8 Å². The van der Waals surface area contributed by atoms with Crippen molar-refractivity contribution in [3.05, 3.63) is 60.4 Å². The summed E-state index contributed by atoms with van der Waals surface area (Å²) in [4.78, 5) is 44.4. The van der Waals surface area contributed by atoms with Crippen molar-refractivity contribution < 1.29 is 22.8 Å². The standard InChI is InChI=1S/C26H33N5O5S/c27-24(32)22(16-19-8-3-1-4-9-19)29-25(33)23-18-30(26(34)20-10-7-13-28-17-20)14-15-31(23)37(35,36)21-11-5-2-6-12-21/h2,5-7,10-13,17,19,22-23H,1,3-4,8-9,14-16,18H2,(H2,27,32)(H,29,33)/t22-,23-/m0/s1. The summed E-state index contributed by atoms with van der Waals surface area (Å²) in [6.45, 7) is -0.142. The summed E-state index contributed by atoms with van der Waals surface area (Å²) in [6.07, 6.45) is 8.61. The van der Waals surface area contributed by atoms with Crippen LogP contribution in [0.2, 0.25) is 0 Å². The molecule has 2 aliphatic rings. The number of aromatic nitrogens is 1. The molecule has 10 nitrogen and oxygen atoms in total. The van der Waals surface area contributed by atoms with Gasteiger partial charge in [-0.05, 0) is 36.6 Å². The molecule has 1 aromatic heterocycles. The van der Waals surface area contributed by atoms with Crippen molar-refractivity contribution in [3.8, 4) is 0 Å². The Morgan fingerprint density at radius 3 is 2.41 bits per heavy atom. The van der Waals surface area contributed by atoms with Gasteiger partial charge in [-0.3, -0.25) is 19.4 Å². The topological polar surface area (TPSA) is 143 Å². The minimum Gasteiger partial charge on any atom is -0.368 e. The lowest BCUT2D eigenvalue weighted by Crippen LogP contribution is -2.63. The third kappa shape index (κ3) is 6.34. The zero-order valence-electron chi connectivity index (χ0n) is 20.7. The molecule has 3 amide bonds. The van der Waals surface area contributed by atoms with Crippen LogP contribution in [-0.4, -0.2) is 72.0 Å². The number of benzene rings is 1. The maximum atomic E-state index is 13.6. The first kappa shape index (κ1) is 26.7. The molecular formula is C26H33N5O5S. The lowest BCUT2D eigenvalue weighted by molar-refractivity contribution is -0.131. The number of rotatable bonds is 8. The van der Waals surface area contributed by atoms with E-state index in [1.54, 1.807) is 36.5 Å². The maximum absolute atomic E-state index is 13.6. The van der Waals surface area contributed by atoms with E-state index in [9.17, 15) is 22.8 Å². The van der Waals surface area contributed by atoms with E-state index >= 15 is 0 Å². The molecule has 1 saturated carbocycles. The number of carbonyl (C=O) groups is 3. The molecule has 37 heavy (non-hydrogen) atoms. The lowest BCUT2D eigenvalue weighted by Gasteiger charge is -2.40. The zero-order valence-corrected chi connectivity index (χ0v) is 21.5. The fourth-order valence-corrected chi connectivity index (χ4v) is 6.71. The van der Waals surface area contributed by atoms with Crippen LogP contribution in [-0.2, 0) is 19.6 Å². The SMILES string of the molecule is NC(=O)[C@H](CC1CCCCC1)NC(=O)[C@@H]1CN(C(=O)c2cccnc2)CCN1S(=O)(=O)c1ccccc1. The van der Waals surface area contributed by atoms with E-state index in [-0.39, 0.29) is 36.4 Å². The third-order valence-corrected chi connectivity index (χ3v) is 9.06. The second-order valence-corrected chi connectivity index (χ2v) is 11.5. The number of hydrogen-bond acceptors (Lipinski definition) is 6. The smallest absolute Gasteiger partial charge is 0.255 e. The van der Waals surface area contributed by atoms with Crippen molar-refractivity contribution in [3.63, 3.8) is 0 Å². The van der Waals surface area contributed by atoms with Crippen LogP contribution < -0.4 is 11.1 Å². The van der Waals surface area contributed by atoms with Gasteiger partial charge in [-0.1, -0.05) is 50.3 Å². The Balaban J connectivity index is 1.59. The second-order valence-electron chi connectivity index (χ2n) is 9.64. The molecule has 1 aliphatic carbocycles. The molecule has 11 heteroatoms. The lowest BCUT2D eigenvalue weighted by atomic mass is 9.84. The van der Waals surface area contributed by atoms with Crippen molar-refractivity contribution in [2.24, 2.45) is 11.7 Å². The molecule has 0 bridgehead atoms. The summed E-state index contributed by atoms with van der Waals surface area (Å²) < 4.78 is 28.2. The van der Waals surface area contributed by atoms with Crippen molar-refractivity contribution in [1.82, 2.24) is 19.5 Å². The molecule has 2 heterocycles. The van der Waals surface area contributed by atoms with E-state index in [0.717, 1.165) is 36.4 Å². The van der Waals surface area contributed by atoms with Crippen LogP contribution in [0.3, 0.4) is 0 Å². The fraction of sp³-hybridized carbons (Fsp3) is 0.462. The monoisotopic (exact) mass is 527 g/mol. The maximum Gasteiger partial charge on any atom is 0.255 e. The van der Waals surface area contributed by atoms with E-state index < -0.39 is 33.9 Å². The molecule has 0 spiro atoms. The first-order valence-corrected chi connectivity index (χ1v) is 14.1. The molecular weight excluding hydrogens is 494 g/mol. The highest BCUT2D eigenvalue weighted by molar-refractivity contribution is 7.89. The third-order valence-electron chi connectivity index (χ3n) is 7.13. The van der Waals surface area contributed by atoms with Crippen molar-refractivity contribution in [2.75, 3.05) is 19.6 Å². The highest BCUT2D eigenvalue weighted by Gasteiger charge is 2.42. The molecule has 1 aliphatic heterocycles. The minimum atomic E-state index is -4.05. The number of nitrogens with one attached hydrogen (secondary N) is 1. The molecule has 1 aromatic carbocycles. The van der Waals surface area contributed by atoms with Gasteiger partial charge in [-0.15, -0.1) is 0 Å². The number of nitrogens with two attached hydrogens (primary N) is 1. The highest BCUT2D eigenvalue weighted by Crippen LogP contribution is 2.28. The van der Waals surface area contributed by atoms with Crippen LogP contribution in [0.4, 0.5) is 0 Å². The summed E-state index contributed by atoms with van der Waals surface area (Å²) in [6, 6.07) is 8.96. The molecule has 4 rings (SSSR count). The number of carbonyl (C=O) groups excluding carboxylic acids is 3. The second kappa shape index (κ2) is 11.8. The normalized spacial score (nSPS) is 20.2. The number of amides is 3. The minimum absolute atomic E-state index is 0.0495. The first-order valence-electron chi connectivity index (χ1n) is 12.6. The zero-order chi connectivity index (χ0) is 26.4. The average Bonchev–Trinajstić information content (AvgIpc) is 2.93. The first-order chi connectivity index (χ1) is 17.8. The van der Waals surface area contributed by atoms with Gasteiger partial charge >= 0.3 is 0 Å². The Kier molecular flexibility index (Phi) is 8.55. The molecule has 198 valence electrons. The predicted octanol–water partition coefficient (Wildman–Crippen LogP) is 1.54. The highest BCUT2D eigenvalue weighted by atomic mass is 32.2. The van der Waals surface area contributed by atoms with Crippen LogP contribution in [0.1, 0.15) is 48.9 Å². The van der Waals surface area contributed by atoms with E-state index in [0.29, 0.717) is 12.0 Å². The molecule has 0 radical (unpaired) electrons. The van der Waals surface area contributed by atoms with E-state index in [2.05, 4.69) is 10.3 Å². The molecule has 3 N–H and O–H groups in total. The fourth-order valence-electron chi connectivity index (χ4n) is 5.12. The van der Waals surface area contributed by atoms with Crippen LogP contribution in [0, 0.1) is 5.92 Å². The Morgan fingerprint density at radius 2 is 1.76 bits per heavy atom. The molecule has 2 fully saturated rings. The number of piperazine rings is 1. The van der Waals surface area contributed by atoms with E-state index in [4.69, 9.17) is 5.73 Å². The predicted molar refractivity (Wildman–Crippen MR) is 137 cm³/mol. The van der Waals surface area contributed by atoms with Gasteiger partial charge < -0.3 is 16.0 Å². The van der Waals surface area contributed by atoms with Crippen molar-refractivity contribution >= 4 is 27.7 Å². The van der Waals surface area contributed by atoms with Crippen LogP contribution >= 0.6 is 0 Å². The number of nitrogens with zero attached hydrogens (tertiary/aromatic N) is 3. The van der Waals surface area contributed by atoms with Gasteiger partial charge in [0.1, 0.15) is 12.1 Å². The summed E-state index contributed by atoms with van der Waals surface area (Å²) >= 11 is 0. The van der Waals surface area contributed by atoms with E-state index in [1.807, 2.05) is 0 Å². The van der Waals surface area contributed by atoms with Gasteiger partial charge in [0.25, 0.3) is 5.91 Å². The number of sulfonamides is 1. The van der Waals surface area contributed by atoms with Gasteiger partial charge in [-0.25, -0.2) is 8.42 Å². The van der Waals surface area contributed by atoms with Gasteiger partial charge in [0, 0.05) is 32.0 Å². The van der Waals surface area contributed by atoms with Gasteiger partial charge in [-0.2, -0.15) is 4.31 Å². The summed E-state index contributed by atoms with van der Waals surface area (Å²) in [5.41, 5.74) is 5.98. The van der Waals surface area contributed by atoms with Crippen LogP contribution in [0.5, 0.6) is 0 Å². The van der Waals surface area contributed by atoms with Gasteiger partial charge in [0.15, 0.2) is 0 Å². The molecule has 1 saturated heterocycles. The summed E-state index contributed by atoms with van der Waals surface area (Å²) in [7, 11) is -4.05. The van der Waals surface area contributed by atoms with Crippen molar-refractivity contribution in [2.45, 2.75) is 55.5 Å². The average molecular weight is 528 g/mol. The number of primary amides is 1. The molecule has 2 atom stereocenters. The van der Waals surface area contributed by atoms with Gasteiger partial charge in [0.2, 0.25) is 21.8 Å². The van der Waals surface area contributed by atoms with Gasteiger partial charge in [0.05, 0.1) is 10.5 Å². The Labute approximate surface area is 217 Å². The summed E-state index contributed by atoms with van der Waals surface area (Å²) in [5.74, 6) is -1.39. The van der Waals surface area contributed by atoms with Crippen LogP contribution in [0.25, 0.3) is 0 Å². The Bertz CT molecular complexity index is 1200. The molecule has 0 unspecified atom stereocenters. The summed E-state index contributed by atoms with van der Waals surface area (Å²) in [5, 5.41) is 2.72. The number of hydrogen-bond donors (Lipinski definition) is 2. The van der Waals surface area contributed by atoms with E-state index in [1.165, 1.54) is 23.2 Å². The largest absolute Gasteiger partial charge is 0.368 e. The Hall–Kier alpha value is -3.31. The number of pyridine rings is 1. The Morgan fingerprint density at radius 1 is 1.03 bits per heavy atom. The quantitative estimate of drug-likeness (QED) is 0.533. The van der Waals surface area contributed by atoms with Crippen molar-refractivity contribution in [1.29, 1.82) is 0 Å². The molecule has 2 aromatic rings.